The Balaban J connectivity index is 0.000000342. The fourth-order valence-electron chi connectivity index (χ4n) is 6.27. The number of methoxy groups -OCH3 is 1. The Labute approximate surface area is 286 Å². The molecule has 15 nitrogen and oxygen atoms in total. The smallest absolute Gasteiger partial charge is 0.354 e. The Morgan fingerprint density at radius 3 is 2.24 bits per heavy atom. The van der Waals surface area contributed by atoms with Gasteiger partial charge in [0.1, 0.15) is 28.7 Å². The molecule has 0 unspecified atom stereocenters. The number of ether oxygens (including phenoxy) is 1. The normalized spacial score (nSPS) is 19.2. The molecule has 2 bridgehead atoms. The van der Waals surface area contributed by atoms with E-state index in [-0.39, 0.29) is 84.1 Å². The number of nitrogens with two attached hydrogens (primary N) is 3. The molecule has 2 heterocycles. The third-order valence-corrected chi connectivity index (χ3v) is 9.32. The Morgan fingerprint density at radius 2 is 1.67 bits per heavy atom. The molecule has 0 atom stereocenters. The van der Waals surface area contributed by atoms with Gasteiger partial charge in [0.2, 0.25) is 0 Å². The number of carbonyl (C=O) groups excluding carboxylic acids is 2. The van der Waals surface area contributed by atoms with Crippen molar-refractivity contribution in [2.45, 2.75) is 59.0 Å². The quantitative estimate of drug-likeness (QED) is 0.108. The van der Waals surface area contributed by atoms with Crippen molar-refractivity contribution in [1.29, 1.82) is 0 Å². The van der Waals surface area contributed by atoms with E-state index in [1.54, 1.807) is 0 Å². The molecule has 0 saturated heterocycles. The van der Waals surface area contributed by atoms with Gasteiger partial charge in [-0.15, -0.1) is 17.5 Å². The minimum atomic E-state index is -1.32. The van der Waals surface area contributed by atoms with Gasteiger partial charge in [-0.25, -0.2) is 18.7 Å². The van der Waals surface area contributed by atoms with E-state index in [1.165, 1.54) is 31.4 Å². The summed E-state index contributed by atoms with van der Waals surface area (Å²) in [7, 11) is 1.50. The molecule has 4 aromatic rings. The molecule has 17 heteroatoms. The lowest BCUT2D eigenvalue weighted by Gasteiger charge is -2.51. The molecule has 3 saturated carbocycles. The number of halogens is 2. The zero-order valence-electron chi connectivity index (χ0n) is 26.0. The van der Waals surface area contributed by atoms with Gasteiger partial charge in [0.05, 0.1) is 12.5 Å². The maximum Gasteiger partial charge on any atom is 0.354 e. The number of anilines is 3. The average Bonchev–Trinajstić information content (AvgIpc) is 3.48. The van der Waals surface area contributed by atoms with Gasteiger partial charge in [-0.1, -0.05) is 13.5 Å². The van der Waals surface area contributed by atoms with E-state index in [2.05, 4.69) is 20.7 Å². The van der Waals surface area contributed by atoms with Gasteiger partial charge in [0.15, 0.2) is 11.3 Å². The first-order chi connectivity index (χ1) is 22.3. The molecule has 3 fully saturated rings. The number of benzene rings is 1. The van der Waals surface area contributed by atoms with Gasteiger partial charge in [-0.2, -0.15) is 0 Å². The summed E-state index contributed by atoms with van der Waals surface area (Å²) >= 11 is 0. The molecule has 3 aliphatic carbocycles. The summed E-state index contributed by atoms with van der Waals surface area (Å²) in [6, 6.07) is 6.48. The summed E-state index contributed by atoms with van der Waals surface area (Å²) in [6.45, 7) is 0.654. The van der Waals surface area contributed by atoms with E-state index in [0.29, 0.717) is 11.0 Å². The number of aromatic nitrogens is 3. The highest BCUT2D eigenvalue weighted by atomic mass is 35.5. The van der Waals surface area contributed by atoms with Crippen molar-refractivity contribution in [2.75, 3.05) is 30.4 Å². The predicted molar refractivity (Wildman–Crippen MR) is 183 cm³/mol. The van der Waals surface area contributed by atoms with Crippen LogP contribution >= 0.6 is 12.4 Å². The number of amides is 1. The number of esters is 1. The molecule has 0 radical (unpaired) electrons. The molecule has 264 valence electrons. The fraction of sp³-hybridized carbons (Fsp3) is 0.406. The second-order valence-corrected chi connectivity index (χ2v) is 12.1. The summed E-state index contributed by atoms with van der Waals surface area (Å²) in [5.41, 5.74) is 15.6. The van der Waals surface area contributed by atoms with Crippen molar-refractivity contribution in [2.24, 2.45) is 16.6 Å². The average molecular weight is 703 g/mol. The molecule has 0 spiro atoms. The number of fused-ring (bicyclic) bond motifs is 4. The number of carboxylic acid groups (broad SMARTS) is 1. The van der Waals surface area contributed by atoms with Gasteiger partial charge in [-0.05, 0) is 68.2 Å². The van der Waals surface area contributed by atoms with Crippen LogP contribution in [0.25, 0.3) is 5.65 Å². The summed E-state index contributed by atoms with van der Waals surface area (Å²) in [4.78, 5) is 62.4. The zero-order chi connectivity index (χ0) is 34.1. The minimum Gasteiger partial charge on any atom is -0.477 e. The first kappa shape index (κ1) is 38.4. The number of nitrogen functional groups attached to an aromatic ring is 2. The first-order valence-electron chi connectivity index (χ1n) is 14.9. The van der Waals surface area contributed by atoms with Crippen molar-refractivity contribution >= 4 is 53.1 Å². The van der Waals surface area contributed by atoms with Gasteiger partial charge in [0.25, 0.3) is 16.8 Å². The maximum atomic E-state index is 14.1. The topological polar surface area (TPSA) is 247 Å². The summed E-state index contributed by atoms with van der Waals surface area (Å²) < 4.78 is 20.1. The molecule has 7 rings (SSSR count). The Bertz CT molecular complexity index is 1930. The number of carboxylic acids is 1. The van der Waals surface area contributed by atoms with Crippen molar-refractivity contribution < 1.29 is 28.6 Å². The molecular formula is C32H40ClFN8O7. The van der Waals surface area contributed by atoms with E-state index in [4.69, 9.17) is 21.9 Å². The van der Waals surface area contributed by atoms with Crippen LogP contribution in [0.4, 0.5) is 21.6 Å². The lowest BCUT2D eigenvalue weighted by Crippen LogP contribution is -2.49. The number of hydrogen-bond donors (Lipinski definition) is 6. The van der Waals surface area contributed by atoms with Crippen LogP contribution in [-0.2, 0) is 22.6 Å². The van der Waals surface area contributed by atoms with E-state index in [9.17, 15) is 33.5 Å². The monoisotopic (exact) mass is 702 g/mol. The first-order valence-corrected chi connectivity index (χ1v) is 14.9. The zero-order valence-corrected chi connectivity index (χ0v) is 26.8. The van der Waals surface area contributed by atoms with Crippen molar-refractivity contribution in [3.05, 3.63) is 79.1 Å². The van der Waals surface area contributed by atoms with Gasteiger partial charge in [0, 0.05) is 30.8 Å². The molecule has 2 aromatic carbocycles. The lowest BCUT2D eigenvalue weighted by molar-refractivity contribution is -0.162. The number of carbonyl (C=O) groups is 3. The molecule has 1 amide bonds. The standard InChI is InChI=1S/C20H16FN7O5.C11H19NO2.CH4.ClH/c21-10-2-1-8(3-9(10)7-24-16-15(23)17(29)18(16)30)6-25-19(31)11-4-12(20(32)33)28-14(26-11)5-13(22)27-28;1-14-9(13)11-5-2-10(8-12,3-6-11)4-7-11;;/h1-5,24H,6-7,23H2,(H2,22,27)(H,25,31)(H,32,33);2-8,12H2,1H3;1H4;1H. The Morgan fingerprint density at radius 1 is 1.02 bits per heavy atom. The predicted octanol–water partition coefficient (Wildman–Crippen LogP) is 2.39. The van der Waals surface area contributed by atoms with Crippen molar-refractivity contribution in [3.63, 3.8) is 0 Å². The van der Waals surface area contributed by atoms with Crippen LogP contribution in [0, 0.1) is 16.6 Å². The number of rotatable bonds is 9. The molecule has 49 heavy (non-hydrogen) atoms. The maximum absolute atomic E-state index is 14.1. The highest BCUT2D eigenvalue weighted by molar-refractivity contribution is 5.96. The highest BCUT2D eigenvalue weighted by Crippen LogP contribution is 2.56. The van der Waals surface area contributed by atoms with E-state index in [0.717, 1.165) is 55.7 Å². The van der Waals surface area contributed by atoms with Crippen LogP contribution in [0.1, 0.15) is 78.1 Å². The van der Waals surface area contributed by atoms with E-state index < -0.39 is 28.6 Å². The van der Waals surface area contributed by atoms with Gasteiger partial charge < -0.3 is 37.7 Å². The van der Waals surface area contributed by atoms with E-state index in [1.807, 2.05) is 0 Å². The minimum absolute atomic E-state index is 0. The van der Waals surface area contributed by atoms with Crippen molar-refractivity contribution in [1.82, 2.24) is 19.9 Å². The SMILES string of the molecule is C.COC(=O)C12CCC(CN)(CC1)CC2.Cl.Nc1cc2nc(C(=O)NCc3ccc(F)c(CNc4c(N)c(=O)c4=O)c3)cc(C(=O)O)n2n1. The summed E-state index contributed by atoms with van der Waals surface area (Å²) in [6.07, 6.45) is 6.28. The third-order valence-electron chi connectivity index (χ3n) is 9.32. The second-order valence-electron chi connectivity index (χ2n) is 12.1. The molecule has 3 aliphatic rings. The number of nitrogens with zero attached hydrogens (tertiary/aromatic N) is 3. The highest BCUT2D eigenvalue weighted by Gasteiger charge is 2.52. The van der Waals surface area contributed by atoms with Crippen LogP contribution in [0.2, 0.25) is 0 Å². The lowest BCUT2D eigenvalue weighted by atomic mass is 9.54. The largest absolute Gasteiger partial charge is 0.477 e. The third kappa shape index (κ3) is 7.49. The molecule has 9 N–H and O–H groups in total. The number of hydrogen-bond acceptors (Lipinski definition) is 12. The van der Waals surface area contributed by atoms with Crippen LogP contribution in [0.5, 0.6) is 0 Å². The summed E-state index contributed by atoms with van der Waals surface area (Å²) in [5.74, 6) is -2.51. The van der Waals surface area contributed by atoms with Gasteiger partial charge in [-0.3, -0.25) is 19.2 Å². The molecule has 2 aromatic heterocycles. The Kier molecular flexibility index (Phi) is 11.7. The van der Waals surface area contributed by atoms with Crippen LogP contribution in [0.15, 0.2) is 39.9 Å². The molecular weight excluding hydrogens is 663 g/mol. The van der Waals surface area contributed by atoms with Crippen molar-refractivity contribution in [3.8, 4) is 0 Å². The summed E-state index contributed by atoms with van der Waals surface area (Å²) in [5, 5.41) is 18.4. The number of nitrogens with one attached hydrogen (secondary N) is 2. The number of aromatic carboxylic acids is 1. The Hall–Kier alpha value is -5.09. The van der Waals surface area contributed by atoms with Crippen LogP contribution in [0.3, 0.4) is 0 Å². The van der Waals surface area contributed by atoms with Gasteiger partial charge >= 0.3 is 11.9 Å². The second kappa shape index (κ2) is 15.0. The van der Waals surface area contributed by atoms with Crippen LogP contribution < -0.4 is 38.7 Å². The van der Waals surface area contributed by atoms with Crippen LogP contribution in [-0.4, -0.2) is 51.2 Å². The van der Waals surface area contributed by atoms with E-state index >= 15 is 0 Å². The molecule has 0 aliphatic heterocycles. The fourth-order valence-corrected chi connectivity index (χ4v) is 6.27.